The third-order valence-electron chi connectivity index (χ3n) is 5.31. The molecule has 7 heteroatoms. The number of benzene rings is 2. The molecule has 1 unspecified atom stereocenters. The molecule has 1 fully saturated rings. The summed E-state index contributed by atoms with van der Waals surface area (Å²) in [6, 6.07) is 19.2. The molecule has 1 saturated heterocycles. The predicted molar refractivity (Wildman–Crippen MR) is 121 cm³/mol. The van der Waals surface area contributed by atoms with Crippen LogP contribution in [-0.4, -0.2) is 42.1 Å². The van der Waals surface area contributed by atoms with Crippen LogP contribution < -0.4 is 10.1 Å². The van der Waals surface area contributed by atoms with Crippen LogP contribution in [0.5, 0.6) is 5.75 Å². The van der Waals surface area contributed by atoms with Crippen LogP contribution in [-0.2, 0) is 9.53 Å². The molecular weight excluding hydrogens is 404 g/mol. The number of ether oxygens (including phenoxy) is 2. The largest absolute Gasteiger partial charge is 0.497 e. The number of nitriles is 1. The second-order valence-electron chi connectivity index (χ2n) is 7.46. The first kappa shape index (κ1) is 21.3. The van der Waals surface area contributed by atoms with Gasteiger partial charge in [-0.05, 0) is 55.3 Å². The van der Waals surface area contributed by atoms with Crippen molar-refractivity contribution >= 4 is 12.0 Å². The van der Waals surface area contributed by atoms with Gasteiger partial charge in [0.1, 0.15) is 17.4 Å². The second kappa shape index (κ2) is 9.94. The Morgan fingerprint density at radius 3 is 2.72 bits per heavy atom. The Morgan fingerprint density at radius 1 is 1.28 bits per heavy atom. The van der Waals surface area contributed by atoms with Crippen molar-refractivity contribution in [3.8, 4) is 28.8 Å². The Hall–Kier alpha value is -3.89. The lowest BCUT2D eigenvalue weighted by atomic mass is 10.1. The molecule has 1 N–H and O–H groups in total. The lowest BCUT2D eigenvalue weighted by Crippen LogP contribution is -2.32. The first-order chi connectivity index (χ1) is 15.7. The lowest BCUT2D eigenvalue weighted by Gasteiger charge is -2.10. The number of nitrogens with one attached hydrogen (secondary N) is 1. The van der Waals surface area contributed by atoms with Crippen molar-refractivity contribution in [3.63, 3.8) is 0 Å². The number of aromatic nitrogens is 2. The average Bonchev–Trinajstić information content (AvgIpc) is 3.52. The quantitative estimate of drug-likeness (QED) is 0.457. The minimum atomic E-state index is -0.420. The summed E-state index contributed by atoms with van der Waals surface area (Å²) < 4.78 is 12.5. The average molecular weight is 428 g/mol. The molecule has 1 amide bonds. The van der Waals surface area contributed by atoms with E-state index in [9.17, 15) is 10.1 Å². The maximum absolute atomic E-state index is 12.6. The molecule has 1 aliphatic rings. The molecule has 0 spiro atoms. The van der Waals surface area contributed by atoms with Gasteiger partial charge in [0.25, 0.3) is 5.91 Å². The SMILES string of the molecule is COc1ccc(-c2nn(-c3ccccc3)cc2C=C(C#N)C(=O)NCC2CCCO2)cc1. The first-order valence-corrected chi connectivity index (χ1v) is 10.5. The van der Waals surface area contributed by atoms with Gasteiger partial charge >= 0.3 is 0 Å². The summed E-state index contributed by atoms with van der Waals surface area (Å²) in [4.78, 5) is 12.6. The topological polar surface area (TPSA) is 89.2 Å². The number of hydrogen-bond donors (Lipinski definition) is 1. The molecule has 1 aliphatic heterocycles. The van der Waals surface area contributed by atoms with Gasteiger partial charge in [0, 0.05) is 30.5 Å². The van der Waals surface area contributed by atoms with E-state index in [4.69, 9.17) is 14.6 Å². The van der Waals surface area contributed by atoms with E-state index in [1.807, 2.05) is 66.9 Å². The van der Waals surface area contributed by atoms with Crippen LogP contribution in [0.2, 0.25) is 0 Å². The zero-order valence-corrected chi connectivity index (χ0v) is 17.8. The number of rotatable bonds is 7. The summed E-state index contributed by atoms with van der Waals surface area (Å²) in [6.45, 7) is 1.11. The molecule has 1 atom stereocenters. The number of nitrogens with zero attached hydrogens (tertiary/aromatic N) is 3. The highest BCUT2D eigenvalue weighted by Crippen LogP contribution is 2.27. The third kappa shape index (κ3) is 4.88. The highest BCUT2D eigenvalue weighted by Gasteiger charge is 2.19. The van der Waals surface area contributed by atoms with Crippen LogP contribution >= 0.6 is 0 Å². The van der Waals surface area contributed by atoms with Crippen LogP contribution in [0.3, 0.4) is 0 Å². The number of carbonyl (C=O) groups excluding carboxylic acids is 1. The van der Waals surface area contributed by atoms with Gasteiger partial charge in [0.05, 0.1) is 24.6 Å². The van der Waals surface area contributed by atoms with Gasteiger partial charge in [-0.25, -0.2) is 4.68 Å². The van der Waals surface area contributed by atoms with E-state index in [-0.39, 0.29) is 11.7 Å². The Labute approximate surface area is 186 Å². The van der Waals surface area contributed by atoms with E-state index in [0.29, 0.717) is 24.4 Å². The minimum Gasteiger partial charge on any atom is -0.497 e. The van der Waals surface area contributed by atoms with Gasteiger partial charge in [-0.1, -0.05) is 18.2 Å². The smallest absolute Gasteiger partial charge is 0.262 e. The standard InChI is InChI=1S/C25H24N4O3/c1-31-22-11-9-18(10-12-22)24-20(17-29(28-24)21-6-3-2-4-7-21)14-19(15-26)25(30)27-16-23-8-5-13-32-23/h2-4,6-7,9-12,14,17,23H,5,8,13,16H2,1H3,(H,27,30). The van der Waals surface area contributed by atoms with E-state index in [2.05, 4.69) is 5.32 Å². The molecule has 0 radical (unpaired) electrons. The summed E-state index contributed by atoms with van der Waals surface area (Å²) >= 11 is 0. The Morgan fingerprint density at radius 2 is 2.06 bits per heavy atom. The van der Waals surface area contributed by atoms with E-state index < -0.39 is 5.91 Å². The van der Waals surface area contributed by atoms with Crippen molar-refractivity contribution in [1.29, 1.82) is 5.26 Å². The fourth-order valence-corrected chi connectivity index (χ4v) is 3.59. The molecule has 1 aromatic heterocycles. The maximum atomic E-state index is 12.6. The zero-order valence-electron chi connectivity index (χ0n) is 17.8. The van der Waals surface area contributed by atoms with Crippen molar-refractivity contribution in [3.05, 3.63) is 71.9 Å². The Bertz CT molecular complexity index is 1140. The number of para-hydroxylation sites is 1. The first-order valence-electron chi connectivity index (χ1n) is 10.5. The predicted octanol–water partition coefficient (Wildman–Crippen LogP) is 3.75. The molecule has 32 heavy (non-hydrogen) atoms. The molecule has 2 heterocycles. The molecule has 162 valence electrons. The lowest BCUT2D eigenvalue weighted by molar-refractivity contribution is -0.117. The highest BCUT2D eigenvalue weighted by atomic mass is 16.5. The van der Waals surface area contributed by atoms with Crippen molar-refractivity contribution in [2.75, 3.05) is 20.3 Å². The Kier molecular flexibility index (Phi) is 6.63. The van der Waals surface area contributed by atoms with Gasteiger partial charge in [0.2, 0.25) is 0 Å². The Balaban J connectivity index is 1.67. The summed E-state index contributed by atoms with van der Waals surface area (Å²) in [7, 11) is 1.61. The van der Waals surface area contributed by atoms with Crippen molar-refractivity contribution in [2.24, 2.45) is 0 Å². The summed E-state index contributed by atoms with van der Waals surface area (Å²) in [5, 5.41) is 17.2. The number of amides is 1. The zero-order chi connectivity index (χ0) is 22.3. The van der Waals surface area contributed by atoms with Crippen LogP contribution in [0.4, 0.5) is 0 Å². The van der Waals surface area contributed by atoms with Crippen LogP contribution in [0, 0.1) is 11.3 Å². The van der Waals surface area contributed by atoms with Crippen molar-refractivity contribution in [1.82, 2.24) is 15.1 Å². The molecule has 7 nitrogen and oxygen atoms in total. The maximum Gasteiger partial charge on any atom is 0.262 e. The molecule has 4 rings (SSSR count). The van der Waals surface area contributed by atoms with Crippen LogP contribution in [0.25, 0.3) is 23.0 Å². The summed E-state index contributed by atoms with van der Waals surface area (Å²) in [5.74, 6) is 0.315. The van der Waals surface area contributed by atoms with Gasteiger partial charge in [0.15, 0.2) is 0 Å². The molecule has 0 aliphatic carbocycles. The second-order valence-corrected chi connectivity index (χ2v) is 7.46. The third-order valence-corrected chi connectivity index (χ3v) is 5.31. The van der Waals surface area contributed by atoms with E-state index in [1.165, 1.54) is 0 Å². The number of methoxy groups -OCH3 is 1. The van der Waals surface area contributed by atoms with Gasteiger partial charge < -0.3 is 14.8 Å². The molecule has 2 aromatic carbocycles. The van der Waals surface area contributed by atoms with Crippen molar-refractivity contribution < 1.29 is 14.3 Å². The van der Waals surface area contributed by atoms with Gasteiger partial charge in [-0.15, -0.1) is 0 Å². The summed E-state index contributed by atoms with van der Waals surface area (Å²) in [6.07, 6.45) is 5.31. The molecule has 0 saturated carbocycles. The van der Waals surface area contributed by atoms with Gasteiger partial charge in [-0.3, -0.25) is 4.79 Å². The van der Waals surface area contributed by atoms with Crippen LogP contribution in [0.15, 0.2) is 66.4 Å². The normalized spacial score (nSPS) is 15.9. The molecule has 0 bridgehead atoms. The van der Waals surface area contributed by atoms with E-state index >= 15 is 0 Å². The number of carbonyl (C=O) groups is 1. The van der Waals surface area contributed by atoms with E-state index in [1.54, 1.807) is 17.9 Å². The molecule has 3 aromatic rings. The fraction of sp³-hybridized carbons (Fsp3) is 0.240. The van der Waals surface area contributed by atoms with Crippen molar-refractivity contribution in [2.45, 2.75) is 18.9 Å². The monoisotopic (exact) mass is 428 g/mol. The molecular formula is C25H24N4O3. The van der Waals surface area contributed by atoms with Gasteiger partial charge in [-0.2, -0.15) is 10.4 Å². The fourth-order valence-electron chi connectivity index (χ4n) is 3.59. The van der Waals surface area contributed by atoms with Crippen LogP contribution in [0.1, 0.15) is 18.4 Å². The summed E-state index contributed by atoms with van der Waals surface area (Å²) in [5.41, 5.74) is 3.08. The number of hydrogen-bond acceptors (Lipinski definition) is 5. The minimum absolute atomic E-state index is 0.00887. The van der Waals surface area contributed by atoms with E-state index in [0.717, 1.165) is 29.8 Å². The highest BCUT2D eigenvalue weighted by molar-refractivity contribution is 6.02.